The molecule has 2 aromatic carbocycles. The average molecular weight is 457 g/mol. The molecule has 0 aliphatic carbocycles. The number of hydrogen-bond donors (Lipinski definition) is 1. The van der Waals surface area contributed by atoms with Crippen LogP contribution in [0.1, 0.15) is 31.4 Å². The highest BCUT2D eigenvalue weighted by Crippen LogP contribution is 2.25. The van der Waals surface area contributed by atoms with Gasteiger partial charge >= 0.3 is 0 Å². The van der Waals surface area contributed by atoms with Crippen molar-refractivity contribution in [3.05, 3.63) is 78.6 Å². The van der Waals surface area contributed by atoms with Crippen molar-refractivity contribution in [2.45, 2.75) is 30.7 Å². The third-order valence-electron chi connectivity index (χ3n) is 5.76. The second-order valence-corrected chi connectivity index (χ2v) is 9.89. The Hall–Kier alpha value is -3.04. The third-order valence-corrected chi connectivity index (χ3v) is 7.64. The summed E-state index contributed by atoms with van der Waals surface area (Å²) in [6, 6.07) is 12.4. The van der Waals surface area contributed by atoms with Gasteiger partial charge in [0.15, 0.2) is 0 Å². The fourth-order valence-electron chi connectivity index (χ4n) is 3.89. The van der Waals surface area contributed by atoms with E-state index in [1.54, 1.807) is 12.5 Å². The number of amides is 1. The van der Waals surface area contributed by atoms with E-state index in [0.29, 0.717) is 19.4 Å². The molecule has 2 unspecified atom stereocenters. The summed E-state index contributed by atoms with van der Waals surface area (Å²) in [6.07, 6.45) is 6.49. The third kappa shape index (κ3) is 4.73. The smallest absolute Gasteiger partial charge is 0.243 e. The normalized spacial score (nSPS) is 18.2. The summed E-state index contributed by atoms with van der Waals surface area (Å²) < 4.78 is 42.2. The van der Waals surface area contributed by atoms with Crippen molar-refractivity contribution < 1.29 is 17.6 Å². The van der Waals surface area contributed by atoms with E-state index in [9.17, 15) is 17.6 Å². The predicted octanol–water partition coefficient (Wildman–Crippen LogP) is 3.29. The van der Waals surface area contributed by atoms with Crippen LogP contribution in [0.5, 0.6) is 0 Å². The van der Waals surface area contributed by atoms with Crippen molar-refractivity contribution in [3.8, 4) is 5.69 Å². The highest BCUT2D eigenvalue weighted by Gasteiger charge is 2.33. The first-order valence-electron chi connectivity index (χ1n) is 10.5. The fraction of sp³-hybridized carbons (Fsp3) is 0.304. The first-order valence-corrected chi connectivity index (χ1v) is 11.9. The number of imidazole rings is 1. The molecular formula is C23H25FN4O3S. The van der Waals surface area contributed by atoms with Crippen molar-refractivity contribution in [3.63, 3.8) is 0 Å². The van der Waals surface area contributed by atoms with Gasteiger partial charge in [-0.3, -0.25) is 4.79 Å². The molecule has 1 aliphatic rings. The van der Waals surface area contributed by atoms with Crippen molar-refractivity contribution in [1.29, 1.82) is 0 Å². The lowest BCUT2D eigenvalue weighted by molar-refractivity contribution is -0.126. The van der Waals surface area contributed by atoms with Gasteiger partial charge in [-0.25, -0.2) is 17.8 Å². The number of nitrogens with zero attached hydrogens (tertiary/aromatic N) is 3. The Labute approximate surface area is 186 Å². The maximum absolute atomic E-state index is 13.2. The summed E-state index contributed by atoms with van der Waals surface area (Å²) in [5.74, 6) is -1.10. The quantitative estimate of drug-likeness (QED) is 0.617. The van der Waals surface area contributed by atoms with Crippen molar-refractivity contribution in [2.75, 3.05) is 13.1 Å². The molecule has 32 heavy (non-hydrogen) atoms. The van der Waals surface area contributed by atoms with Crippen LogP contribution in [0.4, 0.5) is 4.39 Å². The average Bonchev–Trinajstić information content (AvgIpc) is 3.34. The molecule has 0 bridgehead atoms. The highest BCUT2D eigenvalue weighted by atomic mass is 32.2. The Kier molecular flexibility index (Phi) is 6.38. The zero-order valence-electron chi connectivity index (χ0n) is 17.7. The lowest BCUT2D eigenvalue weighted by Gasteiger charge is -2.32. The minimum Gasteiger partial charge on any atom is -0.349 e. The summed E-state index contributed by atoms with van der Waals surface area (Å²) in [4.78, 5) is 17.0. The molecule has 7 nitrogen and oxygen atoms in total. The standard InChI is InChI=1S/C23H25FN4O3S/c1-17(18-4-8-21(9-5-18)27-14-12-25-16-27)26-23(29)19-3-2-13-28(15-19)32(30,31)22-10-6-20(24)7-11-22/h4-12,14,16-17,19H,2-3,13,15H2,1H3,(H,26,29). The molecule has 1 fully saturated rings. The van der Waals surface area contributed by atoms with Crippen LogP contribution in [0.2, 0.25) is 0 Å². The molecule has 4 rings (SSSR count). The molecule has 0 radical (unpaired) electrons. The first-order chi connectivity index (χ1) is 15.3. The molecule has 2 atom stereocenters. The number of benzene rings is 2. The van der Waals surface area contributed by atoms with Gasteiger partial charge in [0.25, 0.3) is 0 Å². The SMILES string of the molecule is CC(NC(=O)C1CCCN(S(=O)(=O)c2ccc(F)cc2)C1)c1ccc(-n2ccnc2)cc1. The van der Waals surface area contributed by atoms with Gasteiger partial charge in [-0.05, 0) is 61.7 Å². The predicted molar refractivity (Wildman–Crippen MR) is 118 cm³/mol. The maximum atomic E-state index is 13.2. The molecule has 0 saturated carbocycles. The number of carbonyl (C=O) groups excluding carboxylic acids is 1. The molecule has 1 N–H and O–H groups in total. The van der Waals surface area contributed by atoms with Gasteiger partial charge in [-0.15, -0.1) is 0 Å². The van der Waals surface area contributed by atoms with Crippen LogP contribution in [0.3, 0.4) is 0 Å². The zero-order valence-corrected chi connectivity index (χ0v) is 18.5. The number of rotatable bonds is 6. The molecule has 1 amide bonds. The fourth-order valence-corrected chi connectivity index (χ4v) is 5.42. The number of hydrogen-bond acceptors (Lipinski definition) is 4. The summed E-state index contributed by atoms with van der Waals surface area (Å²) in [5.41, 5.74) is 1.92. The van der Waals surface area contributed by atoms with E-state index in [4.69, 9.17) is 0 Å². The van der Waals surface area contributed by atoms with Crippen molar-refractivity contribution in [2.24, 2.45) is 5.92 Å². The molecule has 3 aromatic rings. The Balaban J connectivity index is 1.40. The van der Waals surface area contributed by atoms with Crippen LogP contribution in [0, 0.1) is 11.7 Å². The van der Waals surface area contributed by atoms with Gasteiger partial charge in [0.05, 0.1) is 23.2 Å². The van der Waals surface area contributed by atoms with Crippen molar-refractivity contribution in [1.82, 2.24) is 19.2 Å². The Morgan fingerprint density at radius 2 is 1.88 bits per heavy atom. The maximum Gasteiger partial charge on any atom is 0.243 e. The van der Waals surface area contributed by atoms with E-state index in [1.807, 2.05) is 42.0 Å². The second-order valence-electron chi connectivity index (χ2n) is 7.95. The van der Waals surface area contributed by atoms with E-state index in [1.165, 1.54) is 16.4 Å². The minimum absolute atomic E-state index is 0.0336. The number of aromatic nitrogens is 2. The van der Waals surface area contributed by atoms with E-state index in [-0.39, 0.29) is 23.4 Å². The first kappa shape index (κ1) is 22.2. The largest absolute Gasteiger partial charge is 0.349 e. The molecule has 168 valence electrons. The van der Waals surface area contributed by atoms with Crippen LogP contribution < -0.4 is 5.32 Å². The number of carbonyl (C=O) groups is 1. The van der Waals surface area contributed by atoms with Gasteiger partial charge in [-0.2, -0.15) is 4.31 Å². The number of halogens is 1. The minimum atomic E-state index is -3.77. The zero-order chi connectivity index (χ0) is 22.7. The van der Waals surface area contributed by atoms with Gasteiger partial charge in [0.1, 0.15) is 5.82 Å². The Morgan fingerprint density at radius 1 is 1.16 bits per heavy atom. The number of piperidine rings is 1. The van der Waals surface area contributed by atoms with Gasteiger partial charge in [0, 0.05) is 31.2 Å². The number of sulfonamides is 1. The highest BCUT2D eigenvalue weighted by molar-refractivity contribution is 7.89. The van der Waals surface area contributed by atoms with Gasteiger partial charge < -0.3 is 9.88 Å². The molecule has 1 aliphatic heterocycles. The molecular weight excluding hydrogens is 431 g/mol. The van der Waals surface area contributed by atoms with Crippen LogP contribution >= 0.6 is 0 Å². The summed E-state index contributed by atoms with van der Waals surface area (Å²) in [7, 11) is -3.77. The van der Waals surface area contributed by atoms with E-state index in [2.05, 4.69) is 10.3 Å². The second kappa shape index (κ2) is 9.22. The number of nitrogens with one attached hydrogen (secondary N) is 1. The summed E-state index contributed by atoms with van der Waals surface area (Å²) in [5, 5.41) is 3.01. The van der Waals surface area contributed by atoms with E-state index < -0.39 is 21.8 Å². The molecule has 9 heteroatoms. The van der Waals surface area contributed by atoms with Crippen LogP contribution in [0.15, 0.2) is 72.1 Å². The van der Waals surface area contributed by atoms with E-state index in [0.717, 1.165) is 23.4 Å². The lowest BCUT2D eigenvalue weighted by Crippen LogP contribution is -2.45. The van der Waals surface area contributed by atoms with Crippen LogP contribution in [-0.2, 0) is 14.8 Å². The monoisotopic (exact) mass is 456 g/mol. The van der Waals surface area contributed by atoms with Crippen LogP contribution in [-0.4, -0.2) is 41.3 Å². The summed E-state index contributed by atoms with van der Waals surface area (Å²) >= 11 is 0. The topological polar surface area (TPSA) is 84.3 Å². The van der Waals surface area contributed by atoms with Crippen LogP contribution in [0.25, 0.3) is 5.69 Å². The summed E-state index contributed by atoms with van der Waals surface area (Å²) in [6.45, 7) is 2.35. The molecule has 2 heterocycles. The van der Waals surface area contributed by atoms with Crippen molar-refractivity contribution >= 4 is 15.9 Å². The van der Waals surface area contributed by atoms with E-state index >= 15 is 0 Å². The van der Waals surface area contributed by atoms with Gasteiger partial charge in [-0.1, -0.05) is 12.1 Å². The van der Waals surface area contributed by atoms with Gasteiger partial charge in [0.2, 0.25) is 15.9 Å². The molecule has 0 spiro atoms. The Morgan fingerprint density at radius 3 is 2.53 bits per heavy atom. The molecule has 1 saturated heterocycles. The Bertz CT molecular complexity index is 1160. The molecule has 1 aromatic heterocycles. The lowest BCUT2D eigenvalue weighted by atomic mass is 9.98.